The highest BCUT2D eigenvalue weighted by molar-refractivity contribution is 6.38. The molecule has 4 heteroatoms. The monoisotopic (exact) mass is 233 g/mol. The lowest BCUT2D eigenvalue weighted by atomic mass is 9.99. The molecule has 0 spiro atoms. The Bertz CT molecular complexity index is 468. The first-order valence-corrected chi connectivity index (χ1v) is 5.63. The van der Waals surface area contributed by atoms with Crippen molar-refractivity contribution in [3.8, 4) is 0 Å². The van der Waals surface area contributed by atoms with Gasteiger partial charge in [0, 0.05) is 12.2 Å². The highest BCUT2D eigenvalue weighted by atomic mass is 16.5. The van der Waals surface area contributed by atoms with Crippen LogP contribution < -0.4 is 4.90 Å². The lowest BCUT2D eigenvalue weighted by Crippen LogP contribution is -2.40. The highest BCUT2D eigenvalue weighted by Gasteiger charge is 2.27. The minimum atomic E-state index is -0.807. The predicted octanol–water partition coefficient (Wildman–Crippen LogP) is 1.45. The van der Waals surface area contributed by atoms with Crippen molar-refractivity contribution in [2.24, 2.45) is 0 Å². The Kier molecular flexibility index (Phi) is 3.13. The maximum Gasteiger partial charge on any atom is 0.397 e. The van der Waals surface area contributed by atoms with Gasteiger partial charge in [-0.3, -0.25) is 4.79 Å². The summed E-state index contributed by atoms with van der Waals surface area (Å²) in [5, 5.41) is 0. The van der Waals surface area contributed by atoms with Gasteiger partial charge in [-0.05, 0) is 31.4 Å². The molecule has 0 radical (unpaired) electrons. The largest absolute Gasteiger partial charge is 0.462 e. The van der Waals surface area contributed by atoms with Crippen LogP contribution in [0.15, 0.2) is 18.2 Å². The fourth-order valence-electron chi connectivity index (χ4n) is 2.13. The van der Waals surface area contributed by atoms with E-state index in [-0.39, 0.29) is 0 Å². The van der Waals surface area contributed by atoms with Crippen molar-refractivity contribution < 1.29 is 14.3 Å². The van der Waals surface area contributed by atoms with Gasteiger partial charge in [-0.2, -0.15) is 0 Å². The normalized spacial score (nSPS) is 14.1. The molecule has 0 unspecified atom stereocenters. The maximum atomic E-state index is 11.8. The van der Waals surface area contributed by atoms with E-state index >= 15 is 0 Å². The lowest BCUT2D eigenvalue weighted by molar-refractivity contribution is -0.151. The van der Waals surface area contributed by atoms with Crippen LogP contribution in [0.5, 0.6) is 0 Å². The predicted molar refractivity (Wildman–Crippen MR) is 63.9 cm³/mol. The van der Waals surface area contributed by atoms with E-state index in [4.69, 9.17) is 0 Å². The second kappa shape index (κ2) is 4.57. The first-order valence-electron chi connectivity index (χ1n) is 5.63. The van der Waals surface area contributed by atoms with Crippen LogP contribution in [0.25, 0.3) is 0 Å². The number of hydrogen-bond donors (Lipinski definition) is 0. The van der Waals surface area contributed by atoms with Crippen LogP contribution >= 0.6 is 0 Å². The summed E-state index contributed by atoms with van der Waals surface area (Å²) in [7, 11) is 1.22. The topological polar surface area (TPSA) is 46.6 Å². The number of nitrogens with zero attached hydrogens (tertiary/aromatic N) is 1. The molecule has 0 N–H and O–H groups in total. The quantitative estimate of drug-likeness (QED) is 0.503. The Morgan fingerprint density at radius 1 is 1.35 bits per heavy atom. The Hall–Kier alpha value is -1.84. The Morgan fingerprint density at radius 2 is 2.12 bits per heavy atom. The molecule has 17 heavy (non-hydrogen) atoms. The van der Waals surface area contributed by atoms with Gasteiger partial charge < -0.3 is 9.64 Å². The maximum absolute atomic E-state index is 11.8. The Labute approximate surface area is 100 Å². The summed E-state index contributed by atoms with van der Waals surface area (Å²) in [6.45, 7) is 2.59. The molecular weight excluding hydrogens is 218 g/mol. The molecule has 90 valence electrons. The zero-order valence-corrected chi connectivity index (χ0v) is 10.0. The van der Waals surface area contributed by atoms with Gasteiger partial charge in [-0.1, -0.05) is 17.7 Å². The average Bonchev–Trinajstić information content (AvgIpc) is 2.35. The molecule has 2 rings (SSSR count). The zero-order valence-electron chi connectivity index (χ0n) is 10.0. The van der Waals surface area contributed by atoms with Gasteiger partial charge in [-0.15, -0.1) is 0 Å². The van der Waals surface area contributed by atoms with E-state index in [0.29, 0.717) is 6.54 Å². The molecule has 0 aliphatic carbocycles. The molecule has 0 aromatic heterocycles. The lowest BCUT2D eigenvalue weighted by Gasteiger charge is -2.28. The number of carbonyl (C=O) groups excluding carboxylic acids is 2. The summed E-state index contributed by atoms with van der Waals surface area (Å²) < 4.78 is 4.47. The van der Waals surface area contributed by atoms with Crippen molar-refractivity contribution in [1.82, 2.24) is 0 Å². The number of anilines is 1. The number of hydrogen-bond acceptors (Lipinski definition) is 3. The molecule has 0 atom stereocenters. The number of methoxy groups -OCH3 is 1. The first-order chi connectivity index (χ1) is 8.13. The molecule has 1 aromatic rings. The number of amides is 1. The third-order valence-electron chi connectivity index (χ3n) is 2.96. The number of esters is 1. The second-order valence-corrected chi connectivity index (χ2v) is 4.18. The Morgan fingerprint density at radius 3 is 2.82 bits per heavy atom. The van der Waals surface area contributed by atoms with Gasteiger partial charge >= 0.3 is 11.9 Å². The number of benzene rings is 1. The number of fused-ring (bicyclic) bond motifs is 1. The summed E-state index contributed by atoms with van der Waals surface area (Å²) in [5.41, 5.74) is 3.11. The SMILES string of the molecule is COC(=O)C(=O)N1CCCc2cc(C)ccc21. The van der Waals surface area contributed by atoms with Crippen LogP contribution in [0.4, 0.5) is 5.69 Å². The number of rotatable bonds is 0. The third-order valence-corrected chi connectivity index (χ3v) is 2.96. The smallest absolute Gasteiger partial charge is 0.397 e. The van der Waals surface area contributed by atoms with Crippen molar-refractivity contribution in [3.63, 3.8) is 0 Å². The van der Waals surface area contributed by atoms with Crippen LogP contribution in [0, 0.1) is 6.92 Å². The van der Waals surface area contributed by atoms with E-state index in [9.17, 15) is 9.59 Å². The fourth-order valence-corrected chi connectivity index (χ4v) is 2.13. The average molecular weight is 233 g/mol. The second-order valence-electron chi connectivity index (χ2n) is 4.18. The van der Waals surface area contributed by atoms with E-state index in [0.717, 1.165) is 29.7 Å². The van der Waals surface area contributed by atoms with E-state index in [2.05, 4.69) is 10.8 Å². The molecule has 4 nitrogen and oxygen atoms in total. The molecule has 0 fully saturated rings. The standard InChI is InChI=1S/C13H15NO3/c1-9-5-6-11-10(8-9)4-3-7-14(11)12(15)13(16)17-2/h5-6,8H,3-4,7H2,1-2H3. The van der Waals surface area contributed by atoms with Crippen LogP contribution in [0.1, 0.15) is 17.5 Å². The van der Waals surface area contributed by atoms with Crippen molar-refractivity contribution in [3.05, 3.63) is 29.3 Å². The van der Waals surface area contributed by atoms with Gasteiger partial charge in [0.1, 0.15) is 0 Å². The van der Waals surface area contributed by atoms with E-state index < -0.39 is 11.9 Å². The van der Waals surface area contributed by atoms with Crippen LogP contribution in [-0.2, 0) is 20.7 Å². The third kappa shape index (κ3) is 2.16. The molecule has 1 amide bonds. The molecule has 0 bridgehead atoms. The van der Waals surface area contributed by atoms with E-state index in [1.165, 1.54) is 12.0 Å². The number of carbonyl (C=O) groups is 2. The summed E-state index contributed by atoms with van der Waals surface area (Å²) in [6.07, 6.45) is 1.82. The molecule has 0 saturated carbocycles. The minimum Gasteiger partial charge on any atom is -0.462 e. The zero-order chi connectivity index (χ0) is 12.4. The minimum absolute atomic E-state index is 0.573. The van der Waals surface area contributed by atoms with Crippen molar-refractivity contribution in [2.45, 2.75) is 19.8 Å². The number of ether oxygens (including phenoxy) is 1. The molecule has 1 aliphatic heterocycles. The Balaban J connectivity index is 2.35. The van der Waals surface area contributed by atoms with Gasteiger partial charge in [0.2, 0.25) is 0 Å². The molecular formula is C13H15NO3. The summed E-state index contributed by atoms with van der Waals surface area (Å²) in [6, 6.07) is 5.90. The highest BCUT2D eigenvalue weighted by Crippen LogP contribution is 2.28. The van der Waals surface area contributed by atoms with Crippen LogP contribution in [-0.4, -0.2) is 25.5 Å². The summed E-state index contributed by atoms with van der Waals surface area (Å²) in [4.78, 5) is 24.6. The van der Waals surface area contributed by atoms with Gasteiger partial charge in [-0.25, -0.2) is 4.79 Å². The first kappa shape index (κ1) is 11.6. The van der Waals surface area contributed by atoms with Crippen LogP contribution in [0.2, 0.25) is 0 Å². The van der Waals surface area contributed by atoms with Gasteiger partial charge in [0.25, 0.3) is 0 Å². The van der Waals surface area contributed by atoms with Crippen molar-refractivity contribution in [2.75, 3.05) is 18.6 Å². The van der Waals surface area contributed by atoms with Crippen LogP contribution in [0.3, 0.4) is 0 Å². The van der Waals surface area contributed by atoms with E-state index in [1.54, 1.807) is 0 Å². The fraction of sp³-hybridized carbons (Fsp3) is 0.385. The summed E-state index contributed by atoms with van der Waals surface area (Å²) in [5.74, 6) is -1.39. The molecule has 0 saturated heterocycles. The van der Waals surface area contributed by atoms with Crippen molar-refractivity contribution in [1.29, 1.82) is 0 Å². The van der Waals surface area contributed by atoms with E-state index in [1.807, 2.05) is 19.1 Å². The summed E-state index contributed by atoms with van der Waals surface area (Å²) >= 11 is 0. The van der Waals surface area contributed by atoms with Crippen molar-refractivity contribution >= 4 is 17.6 Å². The molecule has 1 heterocycles. The number of aryl methyl sites for hydroxylation is 2. The van der Waals surface area contributed by atoms with Gasteiger partial charge in [0.15, 0.2) is 0 Å². The molecule has 1 aliphatic rings. The van der Waals surface area contributed by atoms with Gasteiger partial charge in [0.05, 0.1) is 7.11 Å². The molecule has 1 aromatic carbocycles.